The highest BCUT2D eigenvalue weighted by Gasteiger charge is 2.08. The highest BCUT2D eigenvalue weighted by Crippen LogP contribution is 2.26. The maximum atomic E-state index is 5.11. The number of hydrogen-bond donors (Lipinski definition) is 1. The Morgan fingerprint density at radius 1 is 1.22 bits per heavy atom. The molecule has 1 atom stereocenters. The number of anilines is 1. The van der Waals surface area contributed by atoms with Gasteiger partial charge in [-0.3, -0.25) is 4.98 Å². The summed E-state index contributed by atoms with van der Waals surface area (Å²) >= 11 is 0. The zero-order valence-electron chi connectivity index (χ0n) is 10.1. The summed E-state index contributed by atoms with van der Waals surface area (Å²) in [6, 6.07) is 10.4. The molecular formula is C15H14N2O. The summed E-state index contributed by atoms with van der Waals surface area (Å²) in [5.41, 5.74) is 2.23. The van der Waals surface area contributed by atoms with Crippen LogP contribution in [0.25, 0.3) is 10.8 Å². The van der Waals surface area contributed by atoms with E-state index in [0.717, 1.165) is 16.6 Å². The van der Waals surface area contributed by atoms with Gasteiger partial charge in [-0.25, -0.2) is 0 Å². The number of rotatable bonds is 3. The zero-order valence-corrected chi connectivity index (χ0v) is 10.1. The lowest BCUT2D eigenvalue weighted by Crippen LogP contribution is -2.05. The first-order valence-electron chi connectivity index (χ1n) is 5.96. The summed E-state index contributed by atoms with van der Waals surface area (Å²) in [5.74, 6) is 0. The molecule has 3 rings (SSSR count). The number of hydrogen-bond acceptors (Lipinski definition) is 3. The highest BCUT2D eigenvalue weighted by atomic mass is 16.3. The van der Waals surface area contributed by atoms with Crippen molar-refractivity contribution < 1.29 is 4.42 Å². The van der Waals surface area contributed by atoms with Crippen LogP contribution in [0.15, 0.2) is 59.7 Å². The van der Waals surface area contributed by atoms with Crippen LogP contribution in [-0.4, -0.2) is 4.98 Å². The van der Waals surface area contributed by atoms with Gasteiger partial charge in [0.1, 0.15) is 0 Å². The molecule has 0 spiro atoms. The van der Waals surface area contributed by atoms with Gasteiger partial charge < -0.3 is 9.73 Å². The number of nitrogens with zero attached hydrogens (tertiary/aromatic N) is 1. The molecule has 0 bridgehead atoms. The molecule has 0 saturated carbocycles. The molecule has 0 aliphatic heterocycles. The summed E-state index contributed by atoms with van der Waals surface area (Å²) < 4.78 is 5.11. The molecule has 90 valence electrons. The lowest BCUT2D eigenvalue weighted by atomic mass is 10.1. The van der Waals surface area contributed by atoms with Crippen molar-refractivity contribution in [1.29, 1.82) is 0 Å². The topological polar surface area (TPSA) is 38.1 Å². The van der Waals surface area contributed by atoms with Crippen LogP contribution >= 0.6 is 0 Å². The fourth-order valence-electron chi connectivity index (χ4n) is 2.08. The van der Waals surface area contributed by atoms with Gasteiger partial charge in [0.2, 0.25) is 0 Å². The molecule has 0 saturated heterocycles. The number of aromatic nitrogens is 1. The van der Waals surface area contributed by atoms with Gasteiger partial charge in [-0.2, -0.15) is 0 Å². The lowest BCUT2D eigenvalue weighted by molar-refractivity contribution is 0.562. The normalized spacial score (nSPS) is 12.5. The maximum absolute atomic E-state index is 5.11. The van der Waals surface area contributed by atoms with Crippen LogP contribution < -0.4 is 5.32 Å². The first-order valence-corrected chi connectivity index (χ1v) is 5.96. The second kappa shape index (κ2) is 4.53. The molecule has 18 heavy (non-hydrogen) atoms. The Kier molecular flexibility index (Phi) is 2.73. The van der Waals surface area contributed by atoms with Crippen LogP contribution in [0, 0.1) is 0 Å². The molecule has 0 amide bonds. The van der Waals surface area contributed by atoms with Crippen molar-refractivity contribution in [2.75, 3.05) is 5.32 Å². The molecule has 1 N–H and O–H groups in total. The van der Waals surface area contributed by atoms with Crippen LogP contribution in [0.2, 0.25) is 0 Å². The van der Waals surface area contributed by atoms with Gasteiger partial charge in [0.15, 0.2) is 0 Å². The molecule has 1 unspecified atom stereocenters. The number of benzene rings is 1. The van der Waals surface area contributed by atoms with E-state index in [-0.39, 0.29) is 6.04 Å². The summed E-state index contributed by atoms with van der Waals surface area (Å²) in [5, 5.41) is 5.81. The van der Waals surface area contributed by atoms with Crippen LogP contribution in [0.1, 0.15) is 18.5 Å². The minimum absolute atomic E-state index is 0.203. The van der Waals surface area contributed by atoms with Gasteiger partial charge in [-0.15, -0.1) is 0 Å². The summed E-state index contributed by atoms with van der Waals surface area (Å²) in [7, 11) is 0. The van der Waals surface area contributed by atoms with Gasteiger partial charge in [-0.1, -0.05) is 12.1 Å². The average molecular weight is 238 g/mol. The molecule has 0 fully saturated rings. The molecule has 0 aliphatic carbocycles. The Labute approximate surface area is 105 Å². The predicted molar refractivity (Wildman–Crippen MR) is 72.5 cm³/mol. The van der Waals surface area contributed by atoms with E-state index >= 15 is 0 Å². The first-order chi connectivity index (χ1) is 8.84. The van der Waals surface area contributed by atoms with Crippen LogP contribution in [-0.2, 0) is 0 Å². The molecule has 3 aromatic rings. The van der Waals surface area contributed by atoms with Crippen LogP contribution in [0.4, 0.5) is 5.69 Å². The molecule has 0 aliphatic rings. The zero-order chi connectivity index (χ0) is 12.4. The van der Waals surface area contributed by atoms with Crippen molar-refractivity contribution in [2.24, 2.45) is 0 Å². The van der Waals surface area contributed by atoms with Gasteiger partial charge in [0.25, 0.3) is 0 Å². The number of furan rings is 1. The van der Waals surface area contributed by atoms with Gasteiger partial charge >= 0.3 is 0 Å². The SMILES string of the molecule is CC(Nc1cccc2ccncc12)c1ccoc1. The standard InChI is InChI=1S/C15H14N2O/c1-11(13-6-8-18-10-13)17-15-4-2-3-12-5-7-16-9-14(12)15/h2-11,17H,1H3. The second-order valence-electron chi connectivity index (χ2n) is 4.33. The van der Waals surface area contributed by atoms with Crippen LogP contribution in [0.3, 0.4) is 0 Å². The minimum atomic E-state index is 0.203. The van der Waals surface area contributed by atoms with E-state index < -0.39 is 0 Å². The first kappa shape index (κ1) is 10.8. The van der Waals surface area contributed by atoms with Crippen molar-refractivity contribution in [2.45, 2.75) is 13.0 Å². The summed E-state index contributed by atoms with van der Waals surface area (Å²) in [6.45, 7) is 2.11. The van der Waals surface area contributed by atoms with E-state index in [4.69, 9.17) is 4.42 Å². The van der Waals surface area contributed by atoms with Crippen LogP contribution in [0.5, 0.6) is 0 Å². The van der Waals surface area contributed by atoms with Crippen molar-refractivity contribution in [3.63, 3.8) is 0 Å². The Balaban J connectivity index is 1.95. The number of nitrogens with one attached hydrogen (secondary N) is 1. The van der Waals surface area contributed by atoms with Gasteiger partial charge in [0.05, 0.1) is 18.6 Å². The minimum Gasteiger partial charge on any atom is -0.472 e. The summed E-state index contributed by atoms with van der Waals surface area (Å²) in [4.78, 5) is 4.19. The van der Waals surface area contributed by atoms with E-state index in [2.05, 4.69) is 29.4 Å². The van der Waals surface area contributed by atoms with Gasteiger partial charge in [-0.05, 0) is 30.5 Å². The van der Waals surface area contributed by atoms with Crippen molar-refractivity contribution in [1.82, 2.24) is 4.98 Å². The monoisotopic (exact) mass is 238 g/mol. The Morgan fingerprint density at radius 3 is 3.00 bits per heavy atom. The fourth-order valence-corrected chi connectivity index (χ4v) is 2.08. The van der Waals surface area contributed by atoms with Crippen molar-refractivity contribution in [3.8, 4) is 0 Å². The van der Waals surface area contributed by atoms with E-state index in [1.807, 2.05) is 30.6 Å². The Hall–Kier alpha value is -2.29. The largest absolute Gasteiger partial charge is 0.472 e. The third-order valence-electron chi connectivity index (χ3n) is 3.10. The number of pyridine rings is 1. The Bertz CT molecular complexity index is 641. The van der Waals surface area contributed by atoms with E-state index in [1.165, 1.54) is 5.39 Å². The average Bonchev–Trinajstić information content (AvgIpc) is 2.93. The van der Waals surface area contributed by atoms with E-state index in [0.29, 0.717) is 0 Å². The molecule has 3 nitrogen and oxygen atoms in total. The molecule has 2 aromatic heterocycles. The molecule has 3 heteroatoms. The third-order valence-corrected chi connectivity index (χ3v) is 3.10. The summed E-state index contributed by atoms with van der Waals surface area (Å²) in [6.07, 6.45) is 7.16. The van der Waals surface area contributed by atoms with E-state index in [1.54, 1.807) is 12.5 Å². The number of fused-ring (bicyclic) bond motifs is 1. The predicted octanol–water partition coefficient (Wildman–Crippen LogP) is 4.00. The van der Waals surface area contributed by atoms with E-state index in [9.17, 15) is 0 Å². The maximum Gasteiger partial charge on any atom is 0.0955 e. The molecular weight excluding hydrogens is 224 g/mol. The van der Waals surface area contributed by atoms with Crippen molar-refractivity contribution >= 4 is 16.5 Å². The molecule has 0 radical (unpaired) electrons. The molecule has 1 aromatic carbocycles. The van der Waals surface area contributed by atoms with Crippen molar-refractivity contribution in [3.05, 3.63) is 60.8 Å². The molecule has 2 heterocycles. The second-order valence-corrected chi connectivity index (χ2v) is 4.33. The lowest BCUT2D eigenvalue weighted by Gasteiger charge is -2.15. The smallest absolute Gasteiger partial charge is 0.0955 e. The van der Waals surface area contributed by atoms with Gasteiger partial charge in [0, 0.05) is 29.0 Å². The fraction of sp³-hybridized carbons (Fsp3) is 0.133. The Morgan fingerprint density at radius 2 is 2.17 bits per heavy atom. The highest BCUT2D eigenvalue weighted by molar-refractivity contribution is 5.93. The quantitative estimate of drug-likeness (QED) is 0.749. The third kappa shape index (κ3) is 1.95.